The molecule has 1 aliphatic rings. The van der Waals surface area contributed by atoms with E-state index in [1.54, 1.807) is 7.11 Å². The number of ether oxygens (including phenoxy) is 2. The van der Waals surface area contributed by atoms with E-state index in [1.807, 2.05) is 19.1 Å². The lowest BCUT2D eigenvalue weighted by Crippen LogP contribution is -2.32. The first kappa shape index (κ1) is 18.7. The number of hydrogen-bond donors (Lipinski definition) is 1. The lowest BCUT2D eigenvalue weighted by atomic mass is 10.1. The molecule has 0 unspecified atom stereocenters. The monoisotopic (exact) mass is 334 g/mol. The van der Waals surface area contributed by atoms with E-state index in [4.69, 9.17) is 9.47 Å². The number of carbonyl (C=O) groups excluding carboxylic acids is 1. The summed E-state index contributed by atoms with van der Waals surface area (Å²) in [6, 6.07) is 5.99. The summed E-state index contributed by atoms with van der Waals surface area (Å²) >= 11 is 0. The minimum atomic E-state index is 0.0654. The third-order valence-corrected chi connectivity index (χ3v) is 4.71. The molecule has 0 aromatic heterocycles. The van der Waals surface area contributed by atoms with Gasteiger partial charge in [-0.2, -0.15) is 0 Å². The Morgan fingerprint density at radius 2 is 2.17 bits per heavy atom. The summed E-state index contributed by atoms with van der Waals surface area (Å²) in [6.45, 7) is 9.17. The minimum Gasteiger partial charge on any atom is -0.493 e. The number of methoxy groups -OCH3 is 1. The SMILES string of the molecule is COCCN1CC[C@H](CNC(=O)CCOc2cccc(C)c2C)C1. The number of benzene rings is 1. The van der Waals surface area contributed by atoms with Crippen LogP contribution in [0.2, 0.25) is 0 Å². The molecule has 5 heteroatoms. The lowest BCUT2D eigenvalue weighted by Gasteiger charge is -2.15. The van der Waals surface area contributed by atoms with Crippen molar-refractivity contribution in [3.8, 4) is 5.75 Å². The summed E-state index contributed by atoms with van der Waals surface area (Å²) in [7, 11) is 1.73. The average molecular weight is 334 g/mol. The Morgan fingerprint density at radius 1 is 1.33 bits per heavy atom. The highest BCUT2D eigenvalue weighted by atomic mass is 16.5. The molecule has 1 fully saturated rings. The van der Waals surface area contributed by atoms with Crippen LogP contribution in [0.15, 0.2) is 18.2 Å². The fourth-order valence-corrected chi connectivity index (χ4v) is 2.98. The summed E-state index contributed by atoms with van der Waals surface area (Å²) in [5, 5.41) is 3.04. The zero-order valence-electron chi connectivity index (χ0n) is 15.1. The van der Waals surface area contributed by atoms with E-state index in [0.717, 1.165) is 50.5 Å². The maximum Gasteiger partial charge on any atom is 0.223 e. The third kappa shape index (κ3) is 5.80. The molecule has 1 aromatic rings. The van der Waals surface area contributed by atoms with Gasteiger partial charge in [-0.15, -0.1) is 0 Å². The highest BCUT2D eigenvalue weighted by molar-refractivity contribution is 5.76. The van der Waals surface area contributed by atoms with Gasteiger partial charge < -0.3 is 19.7 Å². The number of nitrogens with zero attached hydrogens (tertiary/aromatic N) is 1. The standard InChI is InChI=1S/C19H30N2O3/c1-15-5-4-6-18(16(15)2)24-11-8-19(22)20-13-17-7-9-21(14-17)10-12-23-3/h4-6,17H,7-14H2,1-3H3,(H,20,22)/t17-/m1/s1. The lowest BCUT2D eigenvalue weighted by molar-refractivity contribution is -0.121. The van der Waals surface area contributed by atoms with Gasteiger partial charge in [-0.05, 0) is 49.9 Å². The van der Waals surface area contributed by atoms with Crippen molar-refractivity contribution in [2.45, 2.75) is 26.7 Å². The number of carbonyl (C=O) groups is 1. The minimum absolute atomic E-state index is 0.0654. The second-order valence-electron chi connectivity index (χ2n) is 6.55. The predicted octanol–water partition coefficient (Wildman–Crippen LogP) is 2.16. The van der Waals surface area contributed by atoms with Crippen LogP contribution in [0.25, 0.3) is 0 Å². The molecule has 0 bridgehead atoms. The van der Waals surface area contributed by atoms with Gasteiger partial charge in [-0.3, -0.25) is 4.79 Å². The number of amides is 1. The van der Waals surface area contributed by atoms with Crippen molar-refractivity contribution >= 4 is 5.91 Å². The Labute approximate surface area is 145 Å². The largest absolute Gasteiger partial charge is 0.493 e. The molecule has 2 rings (SSSR count). The highest BCUT2D eigenvalue weighted by Gasteiger charge is 2.22. The van der Waals surface area contributed by atoms with E-state index in [1.165, 1.54) is 5.56 Å². The highest BCUT2D eigenvalue weighted by Crippen LogP contribution is 2.20. The van der Waals surface area contributed by atoms with Crippen LogP contribution in [0.3, 0.4) is 0 Å². The third-order valence-electron chi connectivity index (χ3n) is 4.71. The first-order valence-corrected chi connectivity index (χ1v) is 8.77. The van der Waals surface area contributed by atoms with Crippen molar-refractivity contribution in [1.82, 2.24) is 10.2 Å². The molecule has 0 spiro atoms. The van der Waals surface area contributed by atoms with Gasteiger partial charge in [0.25, 0.3) is 0 Å². The van der Waals surface area contributed by atoms with E-state index in [2.05, 4.69) is 23.2 Å². The summed E-state index contributed by atoms with van der Waals surface area (Å²) in [5.41, 5.74) is 2.34. The van der Waals surface area contributed by atoms with Gasteiger partial charge >= 0.3 is 0 Å². The van der Waals surface area contributed by atoms with Gasteiger partial charge in [0.15, 0.2) is 0 Å². The number of nitrogens with one attached hydrogen (secondary N) is 1. The Kier molecular flexibility index (Phi) is 7.53. The molecule has 1 aromatic carbocycles. The first-order chi connectivity index (χ1) is 11.6. The molecule has 0 aliphatic carbocycles. The van der Waals surface area contributed by atoms with Crippen LogP contribution in [-0.2, 0) is 9.53 Å². The molecule has 0 saturated carbocycles. The zero-order chi connectivity index (χ0) is 17.4. The van der Waals surface area contributed by atoms with Gasteiger partial charge in [0.2, 0.25) is 5.91 Å². The molecule has 134 valence electrons. The molecule has 1 N–H and O–H groups in total. The van der Waals surface area contributed by atoms with E-state index >= 15 is 0 Å². The van der Waals surface area contributed by atoms with Crippen molar-refractivity contribution in [3.05, 3.63) is 29.3 Å². The topological polar surface area (TPSA) is 50.8 Å². The fourth-order valence-electron chi connectivity index (χ4n) is 2.98. The molecule has 0 radical (unpaired) electrons. The van der Waals surface area contributed by atoms with Crippen LogP contribution >= 0.6 is 0 Å². The maximum absolute atomic E-state index is 12.0. The van der Waals surface area contributed by atoms with Crippen LogP contribution in [0.4, 0.5) is 0 Å². The molecule has 1 amide bonds. The van der Waals surface area contributed by atoms with Crippen molar-refractivity contribution in [2.75, 3.05) is 46.5 Å². The molecular formula is C19H30N2O3. The summed E-state index contributed by atoms with van der Waals surface area (Å²) in [6.07, 6.45) is 1.54. The summed E-state index contributed by atoms with van der Waals surface area (Å²) < 4.78 is 10.8. The average Bonchev–Trinajstić information content (AvgIpc) is 3.03. The van der Waals surface area contributed by atoms with Gasteiger partial charge in [0, 0.05) is 26.7 Å². The van der Waals surface area contributed by atoms with Crippen molar-refractivity contribution in [2.24, 2.45) is 5.92 Å². The van der Waals surface area contributed by atoms with Crippen LogP contribution in [0.1, 0.15) is 24.0 Å². The van der Waals surface area contributed by atoms with Gasteiger partial charge in [0.1, 0.15) is 5.75 Å². The normalized spacial score (nSPS) is 17.9. The Morgan fingerprint density at radius 3 is 2.96 bits per heavy atom. The molecular weight excluding hydrogens is 304 g/mol. The molecule has 1 atom stereocenters. The number of rotatable bonds is 9. The Bertz CT molecular complexity index is 533. The van der Waals surface area contributed by atoms with E-state index < -0.39 is 0 Å². The maximum atomic E-state index is 12.0. The first-order valence-electron chi connectivity index (χ1n) is 8.77. The number of hydrogen-bond acceptors (Lipinski definition) is 4. The van der Waals surface area contributed by atoms with Crippen LogP contribution in [0, 0.1) is 19.8 Å². The number of aryl methyl sites for hydroxylation is 1. The Balaban J connectivity index is 1.61. The number of likely N-dealkylation sites (tertiary alicyclic amines) is 1. The fraction of sp³-hybridized carbons (Fsp3) is 0.632. The molecule has 1 aliphatic heterocycles. The molecule has 1 saturated heterocycles. The smallest absolute Gasteiger partial charge is 0.223 e. The molecule has 24 heavy (non-hydrogen) atoms. The second kappa shape index (κ2) is 9.64. The Hall–Kier alpha value is -1.59. The van der Waals surface area contributed by atoms with Crippen molar-refractivity contribution in [3.63, 3.8) is 0 Å². The van der Waals surface area contributed by atoms with E-state index in [0.29, 0.717) is 18.9 Å². The quantitative estimate of drug-likeness (QED) is 0.752. The molecule has 1 heterocycles. The summed E-state index contributed by atoms with van der Waals surface area (Å²) in [4.78, 5) is 14.4. The zero-order valence-corrected chi connectivity index (χ0v) is 15.1. The predicted molar refractivity (Wildman–Crippen MR) is 95.5 cm³/mol. The van der Waals surface area contributed by atoms with Crippen LogP contribution in [-0.4, -0.2) is 57.3 Å². The van der Waals surface area contributed by atoms with Gasteiger partial charge in [-0.1, -0.05) is 12.1 Å². The van der Waals surface area contributed by atoms with Gasteiger partial charge in [-0.25, -0.2) is 0 Å². The molecule has 5 nitrogen and oxygen atoms in total. The van der Waals surface area contributed by atoms with Gasteiger partial charge in [0.05, 0.1) is 19.6 Å². The van der Waals surface area contributed by atoms with Crippen molar-refractivity contribution in [1.29, 1.82) is 0 Å². The summed E-state index contributed by atoms with van der Waals surface area (Å²) in [5.74, 6) is 1.48. The van der Waals surface area contributed by atoms with Crippen molar-refractivity contribution < 1.29 is 14.3 Å². The van der Waals surface area contributed by atoms with E-state index in [-0.39, 0.29) is 5.91 Å². The van der Waals surface area contributed by atoms with Crippen LogP contribution in [0.5, 0.6) is 5.75 Å². The second-order valence-corrected chi connectivity index (χ2v) is 6.55. The van der Waals surface area contributed by atoms with Crippen LogP contribution < -0.4 is 10.1 Å². The van der Waals surface area contributed by atoms with E-state index in [9.17, 15) is 4.79 Å².